The van der Waals surface area contributed by atoms with Gasteiger partial charge in [-0.2, -0.15) is 0 Å². The number of nitrogens with zero attached hydrogens (tertiary/aromatic N) is 1. The van der Waals surface area contributed by atoms with E-state index in [1.54, 1.807) is 7.11 Å². The SMILES string of the molecule is COc1ccc(C(C)N(C)C2CNC2)cc1. The molecule has 1 saturated heterocycles. The average molecular weight is 220 g/mol. The first-order chi connectivity index (χ1) is 7.72. The highest BCUT2D eigenvalue weighted by Gasteiger charge is 2.25. The summed E-state index contributed by atoms with van der Waals surface area (Å²) >= 11 is 0. The molecule has 0 aliphatic carbocycles. The lowest BCUT2D eigenvalue weighted by molar-refractivity contribution is 0.136. The maximum absolute atomic E-state index is 5.17. The lowest BCUT2D eigenvalue weighted by Crippen LogP contribution is -2.56. The summed E-state index contributed by atoms with van der Waals surface area (Å²) in [5.74, 6) is 0.920. The highest BCUT2D eigenvalue weighted by Crippen LogP contribution is 2.23. The number of hydrogen-bond donors (Lipinski definition) is 1. The zero-order valence-electron chi connectivity index (χ0n) is 10.2. The van der Waals surface area contributed by atoms with E-state index in [1.165, 1.54) is 5.56 Å². The van der Waals surface area contributed by atoms with Crippen LogP contribution in [0.3, 0.4) is 0 Å². The van der Waals surface area contributed by atoms with Gasteiger partial charge in [0.1, 0.15) is 5.75 Å². The second-order valence-corrected chi connectivity index (χ2v) is 4.43. The van der Waals surface area contributed by atoms with Crippen LogP contribution in [0.25, 0.3) is 0 Å². The number of hydrogen-bond acceptors (Lipinski definition) is 3. The van der Waals surface area contributed by atoms with Crippen molar-refractivity contribution >= 4 is 0 Å². The molecule has 1 N–H and O–H groups in total. The van der Waals surface area contributed by atoms with Crippen LogP contribution in [0.5, 0.6) is 5.75 Å². The Kier molecular flexibility index (Phi) is 3.46. The van der Waals surface area contributed by atoms with Gasteiger partial charge in [0.05, 0.1) is 7.11 Å². The Morgan fingerprint density at radius 1 is 1.31 bits per heavy atom. The van der Waals surface area contributed by atoms with E-state index in [4.69, 9.17) is 4.74 Å². The molecule has 1 unspecified atom stereocenters. The molecule has 1 aliphatic rings. The van der Waals surface area contributed by atoms with E-state index >= 15 is 0 Å². The van der Waals surface area contributed by atoms with Gasteiger partial charge in [-0.15, -0.1) is 0 Å². The third kappa shape index (κ3) is 2.20. The summed E-state index contributed by atoms with van der Waals surface area (Å²) in [6.45, 7) is 4.47. The van der Waals surface area contributed by atoms with Gasteiger partial charge in [-0.3, -0.25) is 4.90 Å². The summed E-state index contributed by atoms with van der Waals surface area (Å²) in [7, 11) is 3.89. The van der Waals surface area contributed by atoms with E-state index in [2.05, 4.69) is 36.3 Å². The Morgan fingerprint density at radius 2 is 1.94 bits per heavy atom. The topological polar surface area (TPSA) is 24.5 Å². The van der Waals surface area contributed by atoms with Crippen molar-refractivity contribution in [3.63, 3.8) is 0 Å². The van der Waals surface area contributed by atoms with Crippen molar-refractivity contribution < 1.29 is 4.74 Å². The molecule has 3 nitrogen and oxygen atoms in total. The van der Waals surface area contributed by atoms with E-state index < -0.39 is 0 Å². The van der Waals surface area contributed by atoms with Gasteiger partial charge in [0.2, 0.25) is 0 Å². The van der Waals surface area contributed by atoms with Gasteiger partial charge >= 0.3 is 0 Å². The Hall–Kier alpha value is -1.06. The van der Waals surface area contributed by atoms with Crippen LogP contribution in [0.2, 0.25) is 0 Å². The standard InChI is InChI=1S/C13H20N2O/c1-10(15(2)12-8-14-9-12)11-4-6-13(16-3)7-5-11/h4-7,10,12,14H,8-9H2,1-3H3. The maximum atomic E-state index is 5.17. The molecule has 1 heterocycles. The number of likely N-dealkylation sites (N-methyl/N-ethyl adjacent to an activating group) is 1. The van der Waals surface area contributed by atoms with Gasteiger partial charge in [0.15, 0.2) is 0 Å². The van der Waals surface area contributed by atoms with Gasteiger partial charge in [0.25, 0.3) is 0 Å². The van der Waals surface area contributed by atoms with Crippen LogP contribution in [-0.2, 0) is 0 Å². The van der Waals surface area contributed by atoms with E-state index in [0.29, 0.717) is 12.1 Å². The van der Waals surface area contributed by atoms with E-state index in [1.807, 2.05) is 12.1 Å². The molecule has 3 heteroatoms. The Bertz CT molecular complexity index is 332. The second kappa shape index (κ2) is 4.85. The third-order valence-electron chi connectivity index (χ3n) is 3.55. The van der Waals surface area contributed by atoms with Crippen molar-refractivity contribution in [2.24, 2.45) is 0 Å². The van der Waals surface area contributed by atoms with E-state index in [9.17, 15) is 0 Å². The number of nitrogens with one attached hydrogen (secondary N) is 1. The van der Waals surface area contributed by atoms with Crippen molar-refractivity contribution in [2.45, 2.75) is 19.0 Å². The summed E-state index contributed by atoms with van der Waals surface area (Å²) in [5.41, 5.74) is 1.34. The maximum Gasteiger partial charge on any atom is 0.118 e. The van der Waals surface area contributed by atoms with Gasteiger partial charge in [0, 0.05) is 25.2 Å². The van der Waals surface area contributed by atoms with Crippen molar-refractivity contribution in [1.82, 2.24) is 10.2 Å². The number of rotatable bonds is 4. The second-order valence-electron chi connectivity index (χ2n) is 4.43. The molecule has 0 saturated carbocycles. The van der Waals surface area contributed by atoms with Crippen LogP contribution in [0.1, 0.15) is 18.5 Å². The molecule has 0 spiro atoms. The minimum atomic E-state index is 0.456. The zero-order chi connectivity index (χ0) is 11.5. The summed E-state index contributed by atoms with van der Waals surface area (Å²) in [5, 5.41) is 3.31. The molecule has 88 valence electrons. The summed E-state index contributed by atoms with van der Waals surface area (Å²) in [4.78, 5) is 2.43. The van der Waals surface area contributed by atoms with Crippen molar-refractivity contribution in [3.05, 3.63) is 29.8 Å². The van der Waals surface area contributed by atoms with Crippen LogP contribution in [0.15, 0.2) is 24.3 Å². The lowest BCUT2D eigenvalue weighted by atomic mass is 10.0. The molecule has 1 aromatic rings. The smallest absolute Gasteiger partial charge is 0.118 e. The fraction of sp³-hybridized carbons (Fsp3) is 0.538. The largest absolute Gasteiger partial charge is 0.497 e. The molecule has 1 aliphatic heterocycles. The Balaban J connectivity index is 2.04. The van der Waals surface area contributed by atoms with Crippen molar-refractivity contribution in [1.29, 1.82) is 0 Å². The Labute approximate surface area is 97.4 Å². The van der Waals surface area contributed by atoms with Gasteiger partial charge in [-0.25, -0.2) is 0 Å². The van der Waals surface area contributed by atoms with Crippen molar-refractivity contribution in [3.8, 4) is 5.75 Å². The fourth-order valence-electron chi connectivity index (χ4n) is 2.00. The number of ether oxygens (including phenoxy) is 1. The molecule has 2 rings (SSSR count). The van der Waals surface area contributed by atoms with E-state index in [-0.39, 0.29) is 0 Å². The van der Waals surface area contributed by atoms with Crippen LogP contribution in [-0.4, -0.2) is 38.2 Å². The monoisotopic (exact) mass is 220 g/mol. The molecular formula is C13H20N2O. The van der Waals surface area contributed by atoms with Crippen LogP contribution >= 0.6 is 0 Å². The zero-order valence-corrected chi connectivity index (χ0v) is 10.2. The molecule has 1 fully saturated rings. The third-order valence-corrected chi connectivity index (χ3v) is 3.55. The summed E-state index contributed by atoms with van der Waals surface area (Å²) < 4.78 is 5.17. The van der Waals surface area contributed by atoms with Gasteiger partial charge in [-0.1, -0.05) is 12.1 Å². The lowest BCUT2D eigenvalue weighted by Gasteiger charge is -2.39. The minimum Gasteiger partial charge on any atom is -0.497 e. The minimum absolute atomic E-state index is 0.456. The van der Waals surface area contributed by atoms with Crippen LogP contribution in [0, 0.1) is 0 Å². The number of methoxy groups -OCH3 is 1. The average Bonchev–Trinajstić information content (AvgIpc) is 2.26. The first-order valence-corrected chi connectivity index (χ1v) is 5.79. The molecule has 1 atom stereocenters. The molecule has 0 bridgehead atoms. The normalized spacial score (nSPS) is 18.2. The highest BCUT2D eigenvalue weighted by atomic mass is 16.5. The van der Waals surface area contributed by atoms with Crippen LogP contribution < -0.4 is 10.1 Å². The predicted octanol–water partition coefficient (Wildman–Crippen LogP) is 1.66. The molecule has 0 radical (unpaired) electrons. The first kappa shape index (κ1) is 11.4. The highest BCUT2D eigenvalue weighted by molar-refractivity contribution is 5.29. The van der Waals surface area contributed by atoms with Crippen LogP contribution in [0.4, 0.5) is 0 Å². The first-order valence-electron chi connectivity index (χ1n) is 5.79. The van der Waals surface area contributed by atoms with Gasteiger partial charge in [-0.05, 0) is 31.7 Å². The molecule has 0 aromatic heterocycles. The molecule has 16 heavy (non-hydrogen) atoms. The van der Waals surface area contributed by atoms with Gasteiger partial charge < -0.3 is 10.1 Å². The summed E-state index contributed by atoms with van der Waals surface area (Å²) in [6.07, 6.45) is 0. The number of benzene rings is 1. The molecule has 1 aromatic carbocycles. The summed E-state index contributed by atoms with van der Waals surface area (Å²) in [6, 6.07) is 9.48. The Morgan fingerprint density at radius 3 is 2.38 bits per heavy atom. The fourth-order valence-corrected chi connectivity index (χ4v) is 2.00. The van der Waals surface area contributed by atoms with Crippen molar-refractivity contribution in [2.75, 3.05) is 27.2 Å². The molecule has 0 amide bonds. The quantitative estimate of drug-likeness (QED) is 0.835. The van der Waals surface area contributed by atoms with E-state index in [0.717, 1.165) is 18.8 Å². The molecular weight excluding hydrogens is 200 g/mol. The predicted molar refractivity (Wildman–Crippen MR) is 65.8 cm³/mol.